The van der Waals surface area contributed by atoms with Crippen molar-refractivity contribution in [1.29, 1.82) is 0 Å². The zero-order valence-electron chi connectivity index (χ0n) is 9.46. The average Bonchev–Trinajstić information content (AvgIpc) is 2.86. The summed E-state index contributed by atoms with van der Waals surface area (Å²) in [6.07, 6.45) is -0.997. The molecular formula is C9H9F3N4O2S. The Balaban J connectivity index is 2.26. The lowest BCUT2D eigenvalue weighted by Crippen LogP contribution is -2.48. The number of halogens is 3. The summed E-state index contributed by atoms with van der Waals surface area (Å²) in [4.78, 5) is 1.46. The van der Waals surface area contributed by atoms with Crippen molar-refractivity contribution in [3.8, 4) is 12.3 Å². The topological polar surface area (TPSA) is 72.3 Å². The van der Waals surface area contributed by atoms with Crippen LogP contribution in [0.25, 0.3) is 0 Å². The van der Waals surface area contributed by atoms with E-state index in [9.17, 15) is 23.5 Å². The van der Waals surface area contributed by atoms with Gasteiger partial charge in [-0.05, 0) is 11.3 Å². The van der Waals surface area contributed by atoms with Crippen LogP contribution < -0.4 is 4.65 Å². The van der Waals surface area contributed by atoms with E-state index in [1.165, 1.54) is 4.90 Å². The van der Waals surface area contributed by atoms with Crippen LogP contribution in [-0.4, -0.2) is 46.2 Å². The molecule has 10 heteroatoms. The fourth-order valence-electron chi connectivity index (χ4n) is 1.73. The Hall–Kier alpha value is -1.25. The maximum absolute atomic E-state index is 12.4. The van der Waals surface area contributed by atoms with Crippen molar-refractivity contribution in [2.45, 2.75) is 12.4 Å². The van der Waals surface area contributed by atoms with Crippen molar-refractivity contribution in [3.05, 3.63) is 10.2 Å². The van der Waals surface area contributed by atoms with E-state index in [1.807, 2.05) is 0 Å². The smallest absolute Gasteiger partial charge is 0.445 e. The molecule has 1 aromatic heterocycles. The largest absolute Gasteiger partial charge is 0.623 e. The molecule has 1 fully saturated rings. The molecule has 2 heterocycles. The summed E-state index contributed by atoms with van der Waals surface area (Å²) < 4.78 is 35.8. The third-order valence-electron chi connectivity index (χ3n) is 2.61. The van der Waals surface area contributed by atoms with Crippen LogP contribution in [0.3, 0.4) is 0 Å². The van der Waals surface area contributed by atoms with Gasteiger partial charge in [0, 0.05) is 0 Å². The van der Waals surface area contributed by atoms with Crippen LogP contribution in [-0.2, 0) is 6.18 Å². The summed E-state index contributed by atoms with van der Waals surface area (Å²) in [6, 6.07) is 0. The average molecular weight is 294 g/mol. The van der Waals surface area contributed by atoms with Crippen molar-refractivity contribution in [3.63, 3.8) is 0 Å². The number of hydrogen-bond donors (Lipinski definition) is 1. The summed E-state index contributed by atoms with van der Waals surface area (Å²) >= 11 is 0.134. The van der Waals surface area contributed by atoms with E-state index in [-0.39, 0.29) is 31.1 Å². The summed E-state index contributed by atoms with van der Waals surface area (Å²) in [5, 5.41) is 26.6. The second kappa shape index (κ2) is 4.69. The van der Waals surface area contributed by atoms with Crippen LogP contribution >= 0.6 is 11.3 Å². The Morgan fingerprint density at radius 3 is 2.79 bits per heavy atom. The van der Waals surface area contributed by atoms with Crippen LogP contribution in [0, 0.1) is 17.6 Å². The van der Waals surface area contributed by atoms with Gasteiger partial charge in [-0.25, -0.2) is 4.90 Å². The second-order valence-electron chi connectivity index (χ2n) is 4.02. The molecule has 1 aliphatic rings. The standard InChI is InChI=1S/C9H9F3N4O2S/c1-2-3-15-4-6(17)16(18,5-15)8-14-13-7(19-8)9(10,11)12/h1,6,17H,3-5H2. The number of hydrogen-bond acceptors (Lipinski definition) is 6. The SMILES string of the molecule is C#CCN1CC(O)[N+]([O-])(c2nnc(C(F)(F)F)s2)C1. The minimum atomic E-state index is -4.65. The fraction of sp³-hybridized carbons (Fsp3) is 0.556. The number of rotatable bonds is 2. The van der Waals surface area contributed by atoms with Crippen molar-refractivity contribution < 1.29 is 18.3 Å². The molecule has 2 rings (SSSR count). The highest BCUT2D eigenvalue weighted by Crippen LogP contribution is 2.38. The number of aliphatic hydroxyl groups excluding tert-OH is 1. The first-order valence-corrected chi connectivity index (χ1v) is 5.93. The van der Waals surface area contributed by atoms with Gasteiger partial charge in [-0.15, -0.1) is 11.5 Å². The van der Waals surface area contributed by atoms with Gasteiger partial charge in [0.15, 0.2) is 0 Å². The first kappa shape index (κ1) is 14.2. The maximum atomic E-state index is 12.4. The number of aromatic nitrogens is 2. The minimum absolute atomic E-state index is 0.0192. The van der Waals surface area contributed by atoms with Gasteiger partial charge in [-0.1, -0.05) is 11.0 Å². The fourth-order valence-corrected chi connectivity index (χ4v) is 2.51. The molecule has 0 amide bonds. The lowest BCUT2D eigenvalue weighted by molar-refractivity contribution is -0.138. The second-order valence-corrected chi connectivity index (χ2v) is 4.98. The monoisotopic (exact) mass is 294 g/mol. The normalized spacial score (nSPS) is 28.5. The number of β-amino-alcohol motifs (C(OH)–C–C–N with tert-alkyl or cyclic N) is 1. The van der Waals surface area contributed by atoms with Gasteiger partial charge in [0.05, 0.1) is 13.1 Å². The number of quaternary nitrogens is 1. The van der Waals surface area contributed by atoms with Crippen molar-refractivity contribution >= 4 is 16.5 Å². The van der Waals surface area contributed by atoms with Gasteiger partial charge in [0.25, 0.3) is 0 Å². The summed E-state index contributed by atoms with van der Waals surface area (Å²) in [6.45, 7) is -0.142. The number of hydroxylamine groups is 2. The molecule has 0 bridgehead atoms. The first-order chi connectivity index (χ1) is 8.77. The zero-order valence-corrected chi connectivity index (χ0v) is 10.3. The molecule has 0 saturated carbocycles. The Morgan fingerprint density at radius 1 is 1.58 bits per heavy atom. The molecule has 2 unspecified atom stereocenters. The van der Waals surface area contributed by atoms with E-state index in [1.54, 1.807) is 0 Å². The Bertz CT molecular complexity index is 514. The molecule has 1 N–H and O–H groups in total. The van der Waals surface area contributed by atoms with Crippen LogP contribution in [0.5, 0.6) is 0 Å². The Kier molecular flexibility index (Phi) is 3.50. The number of nitrogens with zero attached hydrogens (tertiary/aromatic N) is 4. The van der Waals surface area contributed by atoms with Crippen LogP contribution in [0.2, 0.25) is 0 Å². The molecule has 0 radical (unpaired) electrons. The molecule has 1 aliphatic heterocycles. The quantitative estimate of drug-likeness (QED) is 0.491. The zero-order chi connectivity index (χ0) is 14.3. The maximum Gasteiger partial charge on any atom is 0.445 e. The third-order valence-corrected chi connectivity index (χ3v) is 3.69. The van der Waals surface area contributed by atoms with Crippen molar-refractivity contribution in [2.75, 3.05) is 19.8 Å². The molecule has 0 aromatic carbocycles. The molecule has 104 valence electrons. The van der Waals surface area contributed by atoms with Crippen LogP contribution in [0.1, 0.15) is 5.01 Å². The van der Waals surface area contributed by atoms with Gasteiger partial charge in [-0.2, -0.15) is 13.2 Å². The van der Waals surface area contributed by atoms with E-state index in [0.717, 1.165) is 0 Å². The van der Waals surface area contributed by atoms with Gasteiger partial charge >= 0.3 is 11.3 Å². The number of terminal acetylenes is 1. The highest BCUT2D eigenvalue weighted by molar-refractivity contribution is 7.15. The molecule has 0 spiro atoms. The van der Waals surface area contributed by atoms with E-state index in [0.29, 0.717) is 0 Å². The van der Waals surface area contributed by atoms with Crippen molar-refractivity contribution in [1.82, 2.24) is 19.7 Å². The van der Waals surface area contributed by atoms with Gasteiger partial charge < -0.3 is 10.3 Å². The minimum Gasteiger partial charge on any atom is -0.623 e. The van der Waals surface area contributed by atoms with E-state index < -0.39 is 27.2 Å². The van der Waals surface area contributed by atoms with Gasteiger partial charge in [0.2, 0.25) is 11.2 Å². The summed E-state index contributed by atoms with van der Waals surface area (Å²) in [5.74, 6) is 2.30. The van der Waals surface area contributed by atoms with E-state index in [2.05, 4.69) is 16.1 Å². The van der Waals surface area contributed by atoms with E-state index in [4.69, 9.17) is 6.42 Å². The summed E-state index contributed by atoms with van der Waals surface area (Å²) in [5.41, 5.74) is 0. The summed E-state index contributed by atoms with van der Waals surface area (Å²) in [7, 11) is 0. The predicted molar refractivity (Wildman–Crippen MR) is 61.4 cm³/mol. The van der Waals surface area contributed by atoms with Crippen LogP contribution in [0.4, 0.5) is 18.3 Å². The lowest BCUT2D eigenvalue weighted by atomic mass is 10.5. The first-order valence-electron chi connectivity index (χ1n) is 5.11. The molecule has 6 nitrogen and oxygen atoms in total. The molecule has 0 aliphatic carbocycles. The molecule has 1 saturated heterocycles. The van der Waals surface area contributed by atoms with Gasteiger partial charge in [0.1, 0.15) is 6.67 Å². The number of alkyl halides is 3. The predicted octanol–water partition coefficient (Wildman–Crippen LogP) is 0.587. The molecule has 1 aromatic rings. The number of aliphatic hydroxyl groups is 1. The van der Waals surface area contributed by atoms with Crippen LogP contribution in [0.15, 0.2) is 0 Å². The van der Waals surface area contributed by atoms with Gasteiger partial charge in [-0.3, -0.25) is 4.65 Å². The Labute approximate surface area is 110 Å². The third kappa shape index (κ3) is 2.56. The highest BCUT2D eigenvalue weighted by Gasteiger charge is 2.45. The highest BCUT2D eigenvalue weighted by atomic mass is 32.1. The lowest BCUT2D eigenvalue weighted by Gasteiger charge is -2.36. The molecule has 19 heavy (non-hydrogen) atoms. The van der Waals surface area contributed by atoms with E-state index >= 15 is 0 Å². The molecule has 2 atom stereocenters. The molecular weight excluding hydrogens is 285 g/mol. The Morgan fingerprint density at radius 2 is 2.26 bits per heavy atom. The van der Waals surface area contributed by atoms with Crippen molar-refractivity contribution in [2.24, 2.45) is 0 Å².